The number of rotatable bonds is 4. The smallest absolute Gasteiger partial charge is 0.325 e. The van der Waals surface area contributed by atoms with Crippen molar-refractivity contribution in [1.82, 2.24) is 5.06 Å². The number of methoxy groups -OCH3 is 1. The minimum absolute atomic E-state index is 0. The van der Waals surface area contributed by atoms with E-state index in [-0.39, 0.29) is 24.4 Å². The summed E-state index contributed by atoms with van der Waals surface area (Å²) in [4.78, 5) is 16.5. The van der Waals surface area contributed by atoms with Gasteiger partial charge in [0.1, 0.15) is 6.04 Å². The van der Waals surface area contributed by atoms with Crippen molar-refractivity contribution in [2.75, 3.05) is 20.3 Å². The van der Waals surface area contributed by atoms with E-state index in [1.165, 1.54) is 7.11 Å². The Morgan fingerprint density at radius 1 is 1.71 bits per heavy atom. The topological polar surface area (TPSA) is 38.8 Å². The van der Waals surface area contributed by atoms with Crippen LogP contribution >= 0.6 is 12.4 Å². The molecule has 1 heterocycles. The summed E-state index contributed by atoms with van der Waals surface area (Å²) in [6.45, 7) is 4.77. The first-order valence-electron chi connectivity index (χ1n) is 4.38. The highest BCUT2D eigenvalue weighted by Gasteiger charge is 2.32. The third-order valence-corrected chi connectivity index (χ3v) is 2.04. The average Bonchev–Trinajstić information content (AvgIpc) is 2.61. The predicted octanol–water partition coefficient (Wildman–Crippen LogP) is 1.16. The lowest BCUT2D eigenvalue weighted by Crippen LogP contribution is -2.36. The molecule has 0 amide bonds. The van der Waals surface area contributed by atoms with Gasteiger partial charge in [-0.2, -0.15) is 5.06 Å². The second-order valence-electron chi connectivity index (χ2n) is 2.91. The van der Waals surface area contributed by atoms with Crippen LogP contribution in [0.1, 0.15) is 12.8 Å². The van der Waals surface area contributed by atoms with Crippen LogP contribution in [-0.2, 0) is 14.4 Å². The van der Waals surface area contributed by atoms with Crippen LogP contribution in [0.2, 0.25) is 0 Å². The summed E-state index contributed by atoms with van der Waals surface area (Å²) in [5.41, 5.74) is 0. The van der Waals surface area contributed by atoms with Crippen molar-refractivity contribution in [3.05, 3.63) is 12.7 Å². The summed E-state index contributed by atoms with van der Waals surface area (Å²) in [6.07, 6.45) is 3.44. The second-order valence-corrected chi connectivity index (χ2v) is 2.91. The molecule has 1 atom stereocenters. The molecule has 0 aromatic carbocycles. The molecule has 0 radical (unpaired) electrons. The molecule has 1 aliphatic rings. The van der Waals surface area contributed by atoms with Gasteiger partial charge in [-0.25, -0.2) is 0 Å². The second kappa shape index (κ2) is 6.81. The zero-order chi connectivity index (χ0) is 9.68. The van der Waals surface area contributed by atoms with E-state index in [4.69, 9.17) is 4.84 Å². The van der Waals surface area contributed by atoms with E-state index in [1.54, 1.807) is 11.1 Å². The van der Waals surface area contributed by atoms with E-state index >= 15 is 0 Å². The first kappa shape index (κ1) is 13.4. The van der Waals surface area contributed by atoms with Gasteiger partial charge >= 0.3 is 5.97 Å². The molecule has 1 fully saturated rings. The highest BCUT2D eigenvalue weighted by molar-refractivity contribution is 5.85. The fourth-order valence-electron chi connectivity index (χ4n) is 1.41. The zero-order valence-corrected chi connectivity index (χ0v) is 9.09. The Hall–Kier alpha value is -0.580. The van der Waals surface area contributed by atoms with Crippen LogP contribution < -0.4 is 0 Å². The van der Waals surface area contributed by atoms with E-state index in [0.717, 1.165) is 19.4 Å². The van der Waals surface area contributed by atoms with Crippen LogP contribution in [0.3, 0.4) is 0 Å². The fraction of sp³-hybridized carbons (Fsp3) is 0.667. The van der Waals surface area contributed by atoms with E-state index < -0.39 is 0 Å². The number of hydrogen-bond acceptors (Lipinski definition) is 4. The summed E-state index contributed by atoms with van der Waals surface area (Å²) in [7, 11) is 1.40. The quantitative estimate of drug-likeness (QED) is 0.528. The van der Waals surface area contributed by atoms with E-state index in [2.05, 4.69) is 11.3 Å². The highest BCUT2D eigenvalue weighted by atomic mass is 35.5. The van der Waals surface area contributed by atoms with Crippen LogP contribution in [0.25, 0.3) is 0 Å². The number of halogens is 1. The number of carbonyl (C=O) groups is 1. The maximum absolute atomic E-state index is 11.2. The number of esters is 1. The van der Waals surface area contributed by atoms with Gasteiger partial charge in [0, 0.05) is 6.54 Å². The standard InChI is InChI=1S/C9H15NO3.ClH/c1-3-7-13-10-6-4-5-8(10)9(11)12-2;/h3,8H,1,4-7H2,2H3;1H/t8-;/m1./s1. The minimum Gasteiger partial charge on any atom is -0.468 e. The fourth-order valence-corrected chi connectivity index (χ4v) is 1.41. The van der Waals surface area contributed by atoms with Crippen molar-refractivity contribution in [2.45, 2.75) is 18.9 Å². The number of nitrogens with zero attached hydrogens (tertiary/aromatic N) is 1. The van der Waals surface area contributed by atoms with Gasteiger partial charge in [-0.15, -0.1) is 19.0 Å². The molecule has 0 saturated carbocycles. The number of hydroxylamine groups is 2. The maximum atomic E-state index is 11.2. The van der Waals surface area contributed by atoms with E-state index in [9.17, 15) is 4.79 Å². The van der Waals surface area contributed by atoms with Gasteiger partial charge in [0.2, 0.25) is 0 Å². The SMILES string of the molecule is C=CCON1CCC[C@@H]1C(=O)OC.Cl. The van der Waals surface area contributed by atoms with Crippen molar-refractivity contribution in [3.63, 3.8) is 0 Å². The lowest BCUT2D eigenvalue weighted by molar-refractivity contribution is -0.182. The first-order chi connectivity index (χ1) is 6.29. The van der Waals surface area contributed by atoms with Gasteiger partial charge in [0.25, 0.3) is 0 Å². The zero-order valence-electron chi connectivity index (χ0n) is 8.27. The summed E-state index contributed by atoms with van der Waals surface area (Å²) in [5.74, 6) is -0.221. The van der Waals surface area contributed by atoms with E-state index in [0.29, 0.717) is 6.61 Å². The Balaban J connectivity index is 0.00000169. The summed E-state index contributed by atoms with van der Waals surface area (Å²) < 4.78 is 4.66. The Labute approximate surface area is 90.2 Å². The van der Waals surface area contributed by atoms with Gasteiger partial charge in [0.15, 0.2) is 0 Å². The van der Waals surface area contributed by atoms with Crippen LogP contribution in [0.5, 0.6) is 0 Å². The van der Waals surface area contributed by atoms with Crippen LogP contribution in [-0.4, -0.2) is 37.3 Å². The van der Waals surface area contributed by atoms with Gasteiger partial charge < -0.3 is 4.74 Å². The summed E-state index contributed by atoms with van der Waals surface area (Å²) >= 11 is 0. The molecule has 1 rings (SSSR count). The Kier molecular flexibility index (Phi) is 6.53. The lowest BCUT2D eigenvalue weighted by atomic mass is 10.2. The average molecular weight is 222 g/mol. The minimum atomic E-state index is -0.232. The highest BCUT2D eigenvalue weighted by Crippen LogP contribution is 2.18. The Bertz CT molecular complexity index is 198. The largest absolute Gasteiger partial charge is 0.468 e. The lowest BCUT2D eigenvalue weighted by Gasteiger charge is -2.20. The molecule has 0 bridgehead atoms. The van der Waals surface area contributed by atoms with Crippen LogP contribution in [0.4, 0.5) is 0 Å². The third kappa shape index (κ3) is 3.29. The monoisotopic (exact) mass is 221 g/mol. The van der Waals surface area contributed by atoms with Crippen molar-refractivity contribution in [2.24, 2.45) is 0 Å². The van der Waals surface area contributed by atoms with Gasteiger partial charge in [-0.05, 0) is 12.8 Å². The molecular weight excluding hydrogens is 206 g/mol. The molecule has 1 aliphatic heterocycles. The molecule has 4 nitrogen and oxygen atoms in total. The normalized spacial score (nSPS) is 21.4. The van der Waals surface area contributed by atoms with E-state index in [1.807, 2.05) is 0 Å². The molecule has 0 aromatic rings. The number of carbonyl (C=O) groups excluding carboxylic acids is 1. The van der Waals surface area contributed by atoms with Crippen molar-refractivity contribution in [1.29, 1.82) is 0 Å². The van der Waals surface area contributed by atoms with Gasteiger partial charge in [0.05, 0.1) is 13.7 Å². The molecule has 14 heavy (non-hydrogen) atoms. The summed E-state index contributed by atoms with van der Waals surface area (Å²) in [6, 6.07) is -0.232. The molecule has 82 valence electrons. The molecular formula is C9H16ClNO3. The summed E-state index contributed by atoms with van der Waals surface area (Å²) in [5, 5.41) is 1.67. The Morgan fingerprint density at radius 3 is 3.00 bits per heavy atom. The van der Waals surface area contributed by atoms with Crippen molar-refractivity contribution in [3.8, 4) is 0 Å². The molecule has 1 saturated heterocycles. The molecule has 0 N–H and O–H groups in total. The molecule has 0 unspecified atom stereocenters. The molecule has 5 heteroatoms. The van der Waals surface area contributed by atoms with Crippen LogP contribution in [0, 0.1) is 0 Å². The Morgan fingerprint density at radius 2 is 2.43 bits per heavy atom. The van der Waals surface area contributed by atoms with Gasteiger partial charge in [-0.1, -0.05) is 6.08 Å². The van der Waals surface area contributed by atoms with Gasteiger partial charge in [-0.3, -0.25) is 9.63 Å². The predicted molar refractivity (Wildman–Crippen MR) is 55.1 cm³/mol. The maximum Gasteiger partial charge on any atom is 0.325 e. The first-order valence-corrected chi connectivity index (χ1v) is 4.38. The molecule has 0 aromatic heterocycles. The number of hydrogen-bond donors (Lipinski definition) is 0. The van der Waals surface area contributed by atoms with Crippen molar-refractivity contribution >= 4 is 18.4 Å². The molecule has 0 spiro atoms. The number of ether oxygens (including phenoxy) is 1. The van der Waals surface area contributed by atoms with Crippen LogP contribution in [0.15, 0.2) is 12.7 Å². The van der Waals surface area contributed by atoms with Crippen molar-refractivity contribution < 1.29 is 14.4 Å². The third-order valence-electron chi connectivity index (χ3n) is 2.04. The molecule has 0 aliphatic carbocycles.